The van der Waals surface area contributed by atoms with Crippen LogP contribution in [0.3, 0.4) is 0 Å². The number of hydrogen-bond acceptors (Lipinski definition) is 4. The number of alkyl halides is 3. The van der Waals surface area contributed by atoms with Crippen molar-refractivity contribution >= 4 is 17.7 Å². The van der Waals surface area contributed by atoms with Crippen LogP contribution in [-0.4, -0.2) is 22.3 Å². The molecule has 108 valence electrons. The van der Waals surface area contributed by atoms with Gasteiger partial charge in [0.15, 0.2) is 5.69 Å². The van der Waals surface area contributed by atoms with Crippen molar-refractivity contribution in [1.29, 1.82) is 0 Å². The van der Waals surface area contributed by atoms with Crippen LogP contribution in [0.1, 0.15) is 32.9 Å². The van der Waals surface area contributed by atoms with Gasteiger partial charge in [-0.1, -0.05) is 20.8 Å². The van der Waals surface area contributed by atoms with Crippen molar-refractivity contribution < 1.29 is 13.2 Å². The molecule has 0 unspecified atom stereocenters. The summed E-state index contributed by atoms with van der Waals surface area (Å²) in [5.74, 6) is 1.16. The Bertz CT molecular complexity index is 408. The van der Waals surface area contributed by atoms with Crippen LogP contribution >= 0.6 is 11.8 Å². The Balaban J connectivity index is 2.95. The fourth-order valence-electron chi connectivity index (χ4n) is 1.21. The second kappa shape index (κ2) is 6.98. The van der Waals surface area contributed by atoms with E-state index in [4.69, 9.17) is 0 Å². The third-order valence-electron chi connectivity index (χ3n) is 2.09. The standard InChI is InChI=1S/C12H18F3N3S/c1-4-5-16-11-17-9(12(13,14)15)6-10(18-11)19-7-8(2)3/h6,8H,4-5,7H2,1-3H3,(H,16,17,18). The van der Waals surface area contributed by atoms with Gasteiger partial charge in [0.2, 0.25) is 5.95 Å². The number of hydrogen-bond donors (Lipinski definition) is 1. The van der Waals surface area contributed by atoms with E-state index in [0.29, 0.717) is 17.5 Å². The van der Waals surface area contributed by atoms with E-state index in [2.05, 4.69) is 15.3 Å². The van der Waals surface area contributed by atoms with Gasteiger partial charge in [0.1, 0.15) is 5.03 Å². The second-order valence-electron chi connectivity index (χ2n) is 4.54. The fraction of sp³-hybridized carbons (Fsp3) is 0.667. The first kappa shape index (κ1) is 16.1. The molecule has 1 aromatic rings. The van der Waals surface area contributed by atoms with Crippen molar-refractivity contribution in [3.63, 3.8) is 0 Å². The van der Waals surface area contributed by atoms with Crippen molar-refractivity contribution in [2.24, 2.45) is 5.92 Å². The van der Waals surface area contributed by atoms with E-state index in [1.807, 2.05) is 20.8 Å². The predicted octanol–water partition coefficient (Wildman–Crippen LogP) is 4.07. The number of nitrogens with one attached hydrogen (secondary N) is 1. The molecule has 0 fully saturated rings. The number of aromatic nitrogens is 2. The highest BCUT2D eigenvalue weighted by atomic mass is 32.2. The zero-order valence-corrected chi connectivity index (χ0v) is 12.0. The Labute approximate surface area is 115 Å². The quantitative estimate of drug-likeness (QED) is 0.634. The highest BCUT2D eigenvalue weighted by Crippen LogP contribution is 2.31. The van der Waals surface area contributed by atoms with E-state index in [1.54, 1.807) is 0 Å². The first-order chi connectivity index (χ1) is 8.82. The normalized spacial score (nSPS) is 11.9. The molecule has 0 aliphatic carbocycles. The number of nitrogens with zero attached hydrogens (tertiary/aromatic N) is 2. The zero-order chi connectivity index (χ0) is 14.5. The largest absolute Gasteiger partial charge is 0.433 e. The van der Waals surface area contributed by atoms with Gasteiger partial charge in [0.25, 0.3) is 0 Å². The van der Waals surface area contributed by atoms with Crippen LogP contribution in [-0.2, 0) is 6.18 Å². The summed E-state index contributed by atoms with van der Waals surface area (Å²) >= 11 is 1.32. The van der Waals surface area contributed by atoms with E-state index >= 15 is 0 Å². The maximum Gasteiger partial charge on any atom is 0.433 e. The lowest BCUT2D eigenvalue weighted by Gasteiger charge is -2.11. The monoisotopic (exact) mass is 293 g/mol. The van der Waals surface area contributed by atoms with Crippen molar-refractivity contribution in [2.75, 3.05) is 17.6 Å². The molecule has 0 aliphatic heterocycles. The molecular weight excluding hydrogens is 275 g/mol. The van der Waals surface area contributed by atoms with Crippen molar-refractivity contribution in [1.82, 2.24) is 9.97 Å². The minimum absolute atomic E-state index is 0.0444. The molecule has 0 amide bonds. The van der Waals surface area contributed by atoms with Crippen LogP contribution in [0.2, 0.25) is 0 Å². The highest BCUT2D eigenvalue weighted by molar-refractivity contribution is 7.99. The summed E-state index contributed by atoms with van der Waals surface area (Å²) in [6, 6.07) is 1.00. The molecule has 0 bridgehead atoms. The Morgan fingerprint density at radius 2 is 2.00 bits per heavy atom. The van der Waals surface area contributed by atoms with Crippen molar-refractivity contribution in [2.45, 2.75) is 38.4 Å². The molecule has 0 saturated heterocycles. The van der Waals surface area contributed by atoms with Gasteiger partial charge in [-0.2, -0.15) is 13.2 Å². The molecule has 19 heavy (non-hydrogen) atoms. The summed E-state index contributed by atoms with van der Waals surface area (Å²) in [7, 11) is 0. The minimum Gasteiger partial charge on any atom is -0.354 e. The molecule has 0 aliphatic rings. The lowest BCUT2D eigenvalue weighted by molar-refractivity contribution is -0.141. The van der Waals surface area contributed by atoms with E-state index in [1.165, 1.54) is 11.8 Å². The molecule has 0 saturated carbocycles. The van der Waals surface area contributed by atoms with Crippen LogP contribution in [0.4, 0.5) is 19.1 Å². The molecule has 3 nitrogen and oxygen atoms in total. The van der Waals surface area contributed by atoms with Crippen LogP contribution < -0.4 is 5.32 Å². The molecule has 0 atom stereocenters. The van der Waals surface area contributed by atoms with Crippen molar-refractivity contribution in [3.8, 4) is 0 Å². The van der Waals surface area contributed by atoms with Crippen LogP contribution in [0.15, 0.2) is 11.1 Å². The molecule has 7 heteroatoms. The number of thioether (sulfide) groups is 1. The first-order valence-corrected chi connectivity index (χ1v) is 7.14. The van der Waals surface area contributed by atoms with E-state index in [9.17, 15) is 13.2 Å². The number of halogens is 3. The Morgan fingerprint density at radius 3 is 2.53 bits per heavy atom. The zero-order valence-electron chi connectivity index (χ0n) is 11.2. The van der Waals surface area contributed by atoms with Crippen LogP contribution in [0, 0.1) is 5.92 Å². The maximum absolute atomic E-state index is 12.7. The molecule has 0 radical (unpaired) electrons. The van der Waals surface area contributed by atoms with Gasteiger partial charge < -0.3 is 5.32 Å². The third-order valence-corrected chi connectivity index (χ3v) is 3.43. The van der Waals surface area contributed by atoms with Gasteiger partial charge in [0.05, 0.1) is 0 Å². The highest BCUT2D eigenvalue weighted by Gasteiger charge is 2.33. The summed E-state index contributed by atoms with van der Waals surface area (Å²) in [6.07, 6.45) is -3.65. The smallest absolute Gasteiger partial charge is 0.354 e. The average Bonchev–Trinajstić information content (AvgIpc) is 2.32. The third kappa shape index (κ3) is 5.67. The molecule has 1 N–H and O–H groups in total. The molecule has 1 aromatic heterocycles. The summed E-state index contributed by atoms with van der Waals surface area (Å²) < 4.78 is 38.2. The summed E-state index contributed by atoms with van der Waals surface area (Å²) in [5.41, 5.74) is -0.896. The molecular formula is C12H18F3N3S. The van der Waals surface area contributed by atoms with Gasteiger partial charge >= 0.3 is 6.18 Å². The van der Waals surface area contributed by atoms with Gasteiger partial charge in [-0.05, 0) is 12.3 Å². The SMILES string of the molecule is CCCNc1nc(SCC(C)C)cc(C(F)(F)F)n1. The van der Waals surface area contributed by atoms with Crippen molar-refractivity contribution in [3.05, 3.63) is 11.8 Å². The maximum atomic E-state index is 12.7. The van der Waals surface area contributed by atoms with Gasteiger partial charge in [0, 0.05) is 18.4 Å². The molecule has 1 rings (SSSR count). The topological polar surface area (TPSA) is 37.8 Å². The van der Waals surface area contributed by atoms with Gasteiger partial charge in [-0.15, -0.1) is 11.8 Å². The Kier molecular flexibility index (Phi) is 5.90. The van der Waals surface area contributed by atoms with E-state index < -0.39 is 11.9 Å². The Hall–Kier alpha value is -0.980. The van der Waals surface area contributed by atoms with Gasteiger partial charge in [-0.3, -0.25) is 0 Å². The molecule has 0 spiro atoms. The summed E-state index contributed by atoms with van der Waals surface area (Å²) in [6.45, 7) is 6.49. The minimum atomic E-state index is -4.45. The summed E-state index contributed by atoms with van der Waals surface area (Å²) in [4.78, 5) is 7.61. The second-order valence-corrected chi connectivity index (χ2v) is 5.58. The van der Waals surface area contributed by atoms with E-state index in [-0.39, 0.29) is 5.95 Å². The number of anilines is 1. The molecule has 0 aromatic carbocycles. The summed E-state index contributed by atoms with van der Waals surface area (Å²) in [5, 5.41) is 3.16. The fourth-order valence-corrected chi connectivity index (χ4v) is 2.06. The first-order valence-electron chi connectivity index (χ1n) is 6.16. The predicted molar refractivity (Wildman–Crippen MR) is 71.4 cm³/mol. The molecule has 1 heterocycles. The lowest BCUT2D eigenvalue weighted by Crippen LogP contribution is -2.13. The van der Waals surface area contributed by atoms with Gasteiger partial charge in [-0.25, -0.2) is 9.97 Å². The lowest BCUT2D eigenvalue weighted by atomic mass is 10.3. The van der Waals surface area contributed by atoms with E-state index in [0.717, 1.165) is 18.2 Å². The van der Waals surface area contributed by atoms with Crippen LogP contribution in [0.5, 0.6) is 0 Å². The Morgan fingerprint density at radius 1 is 1.32 bits per heavy atom. The number of rotatable bonds is 6. The average molecular weight is 293 g/mol. The van der Waals surface area contributed by atoms with Crippen LogP contribution in [0.25, 0.3) is 0 Å².